The average Bonchev–Trinajstić information content (AvgIpc) is 2.42. The molecule has 0 saturated heterocycles. The zero-order valence-electron chi connectivity index (χ0n) is 12.2. The van der Waals surface area contributed by atoms with E-state index in [0.717, 1.165) is 17.9 Å². The van der Waals surface area contributed by atoms with E-state index in [2.05, 4.69) is 35.1 Å². The van der Waals surface area contributed by atoms with Gasteiger partial charge < -0.3 is 5.32 Å². The van der Waals surface area contributed by atoms with Gasteiger partial charge in [-0.15, -0.1) is 0 Å². The van der Waals surface area contributed by atoms with Crippen molar-refractivity contribution in [3.05, 3.63) is 34.1 Å². The van der Waals surface area contributed by atoms with Crippen molar-refractivity contribution in [2.75, 3.05) is 7.05 Å². The molecule has 2 atom stereocenters. The molecule has 3 heteroatoms. The number of rotatable bonds is 8. The topological polar surface area (TPSA) is 12.0 Å². The van der Waals surface area contributed by atoms with Gasteiger partial charge in [-0.3, -0.25) is 0 Å². The van der Waals surface area contributed by atoms with Crippen molar-refractivity contribution in [1.29, 1.82) is 0 Å². The Morgan fingerprint density at radius 2 is 2.05 bits per heavy atom. The highest BCUT2D eigenvalue weighted by Crippen LogP contribution is 2.28. The molecule has 1 rings (SSSR count). The third-order valence-corrected chi connectivity index (χ3v) is 4.41. The van der Waals surface area contributed by atoms with Crippen molar-refractivity contribution in [1.82, 2.24) is 5.32 Å². The minimum absolute atomic E-state index is 0.198. The average molecular weight is 330 g/mol. The highest BCUT2D eigenvalue weighted by atomic mass is 79.9. The number of hydrogen-bond acceptors (Lipinski definition) is 1. The standard InChI is InChI=1S/C16H25BrFN/c1-4-6-7-12(5-2)10-16(19-3)13-8-9-15(18)14(17)11-13/h8-9,11-12,16,19H,4-7,10H2,1-3H3. The van der Waals surface area contributed by atoms with Crippen LogP contribution in [0, 0.1) is 11.7 Å². The summed E-state index contributed by atoms with van der Waals surface area (Å²) < 4.78 is 13.8. The van der Waals surface area contributed by atoms with Crippen LogP contribution in [0.5, 0.6) is 0 Å². The van der Waals surface area contributed by atoms with E-state index < -0.39 is 0 Å². The van der Waals surface area contributed by atoms with Gasteiger partial charge in [0.2, 0.25) is 0 Å². The van der Waals surface area contributed by atoms with Crippen molar-refractivity contribution < 1.29 is 4.39 Å². The first-order valence-corrected chi connectivity index (χ1v) is 8.03. The van der Waals surface area contributed by atoms with Gasteiger partial charge in [-0.2, -0.15) is 0 Å². The van der Waals surface area contributed by atoms with E-state index in [1.54, 1.807) is 0 Å². The third-order valence-electron chi connectivity index (χ3n) is 3.81. The van der Waals surface area contributed by atoms with E-state index in [1.807, 2.05) is 19.2 Å². The maximum absolute atomic E-state index is 13.3. The normalized spacial score (nSPS) is 14.4. The molecule has 108 valence electrons. The summed E-state index contributed by atoms with van der Waals surface area (Å²) in [5, 5.41) is 3.36. The van der Waals surface area contributed by atoms with Gasteiger partial charge in [0, 0.05) is 6.04 Å². The molecular weight excluding hydrogens is 305 g/mol. The second kappa shape index (κ2) is 8.70. The van der Waals surface area contributed by atoms with Crippen molar-refractivity contribution in [2.24, 2.45) is 5.92 Å². The lowest BCUT2D eigenvalue weighted by Gasteiger charge is -2.23. The van der Waals surface area contributed by atoms with E-state index >= 15 is 0 Å². The second-order valence-electron chi connectivity index (χ2n) is 5.17. The molecule has 0 fully saturated rings. The zero-order chi connectivity index (χ0) is 14.3. The van der Waals surface area contributed by atoms with Crippen LogP contribution in [0.15, 0.2) is 22.7 Å². The molecule has 0 bridgehead atoms. The predicted molar refractivity (Wildman–Crippen MR) is 83.8 cm³/mol. The molecule has 0 amide bonds. The van der Waals surface area contributed by atoms with Crippen LogP contribution in [0.2, 0.25) is 0 Å². The zero-order valence-corrected chi connectivity index (χ0v) is 13.8. The SMILES string of the molecule is CCCCC(CC)CC(NC)c1ccc(F)c(Br)c1. The van der Waals surface area contributed by atoms with Gasteiger partial charge in [0.1, 0.15) is 5.82 Å². The Morgan fingerprint density at radius 3 is 2.58 bits per heavy atom. The Kier molecular flexibility index (Phi) is 7.62. The van der Waals surface area contributed by atoms with E-state index in [1.165, 1.54) is 31.7 Å². The van der Waals surface area contributed by atoms with Crippen molar-refractivity contribution in [3.63, 3.8) is 0 Å². The fourth-order valence-corrected chi connectivity index (χ4v) is 2.86. The molecule has 1 aromatic carbocycles. The van der Waals surface area contributed by atoms with Crippen LogP contribution in [0.25, 0.3) is 0 Å². The molecule has 1 nitrogen and oxygen atoms in total. The lowest BCUT2D eigenvalue weighted by Crippen LogP contribution is -2.20. The second-order valence-corrected chi connectivity index (χ2v) is 6.02. The highest BCUT2D eigenvalue weighted by Gasteiger charge is 2.16. The summed E-state index contributed by atoms with van der Waals surface area (Å²) in [4.78, 5) is 0. The summed E-state index contributed by atoms with van der Waals surface area (Å²) in [6.07, 6.45) is 6.16. The van der Waals surface area contributed by atoms with Gasteiger partial charge in [-0.25, -0.2) is 4.39 Å². The summed E-state index contributed by atoms with van der Waals surface area (Å²) in [5.74, 6) is 0.540. The monoisotopic (exact) mass is 329 g/mol. The number of halogens is 2. The Labute approximate surface area is 125 Å². The van der Waals surface area contributed by atoms with E-state index in [4.69, 9.17) is 0 Å². The number of nitrogens with one attached hydrogen (secondary N) is 1. The van der Waals surface area contributed by atoms with Gasteiger partial charge in [-0.05, 0) is 53.0 Å². The fraction of sp³-hybridized carbons (Fsp3) is 0.625. The summed E-state index contributed by atoms with van der Waals surface area (Å²) in [5.41, 5.74) is 1.16. The summed E-state index contributed by atoms with van der Waals surface area (Å²) in [6, 6.07) is 5.62. The summed E-state index contributed by atoms with van der Waals surface area (Å²) in [7, 11) is 1.98. The van der Waals surface area contributed by atoms with Gasteiger partial charge in [0.05, 0.1) is 4.47 Å². The highest BCUT2D eigenvalue weighted by molar-refractivity contribution is 9.10. The van der Waals surface area contributed by atoms with Gasteiger partial charge in [0.25, 0.3) is 0 Å². The smallest absolute Gasteiger partial charge is 0.137 e. The molecular formula is C16H25BrFN. The van der Waals surface area contributed by atoms with Crippen molar-refractivity contribution >= 4 is 15.9 Å². The first kappa shape index (κ1) is 16.6. The molecule has 1 N–H and O–H groups in total. The molecule has 0 radical (unpaired) electrons. The molecule has 0 saturated carbocycles. The van der Waals surface area contributed by atoms with Crippen LogP contribution >= 0.6 is 15.9 Å². The molecule has 1 aromatic rings. The van der Waals surface area contributed by atoms with E-state index in [0.29, 0.717) is 10.5 Å². The number of hydrogen-bond donors (Lipinski definition) is 1. The molecule has 0 aliphatic carbocycles. The van der Waals surface area contributed by atoms with Gasteiger partial charge in [0.15, 0.2) is 0 Å². The Bertz CT molecular complexity index is 381. The third kappa shape index (κ3) is 5.23. The minimum atomic E-state index is -0.198. The Balaban J connectivity index is 2.72. The lowest BCUT2D eigenvalue weighted by atomic mass is 9.89. The first-order valence-electron chi connectivity index (χ1n) is 7.24. The van der Waals surface area contributed by atoms with Gasteiger partial charge >= 0.3 is 0 Å². The van der Waals surface area contributed by atoms with Crippen LogP contribution in [0.3, 0.4) is 0 Å². The van der Waals surface area contributed by atoms with Crippen LogP contribution in [-0.4, -0.2) is 7.05 Å². The molecule has 0 spiro atoms. The van der Waals surface area contributed by atoms with Crippen molar-refractivity contribution in [2.45, 2.75) is 52.0 Å². The maximum atomic E-state index is 13.3. The predicted octanol–water partition coefficient (Wildman–Crippen LogP) is 5.46. The molecule has 19 heavy (non-hydrogen) atoms. The summed E-state index contributed by atoms with van der Waals surface area (Å²) in [6.45, 7) is 4.49. The first-order chi connectivity index (χ1) is 9.12. The van der Waals surface area contributed by atoms with Gasteiger partial charge in [-0.1, -0.05) is 45.6 Å². The quantitative estimate of drug-likeness (QED) is 0.668. The molecule has 0 aromatic heterocycles. The maximum Gasteiger partial charge on any atom is 0.137 e. The van der Waals surface area contributed by atoms with Crippen LogP contribution < -0.4 is 5.32 Å². The van der Waals surface area contributed by atoms with Crippen LogP contribution in [0.1, 0.15) is 57.6 Å². The van der Waals surface area contributed by atoms with E-state index in [-0.39, 0.29) is 5.82 Å². The Morgan fingerprint density at radius 1 is 1.32 bits per heavy atom. The lowest BCUT2D eigenvalue weighted by molar-refractivity contribution is 0.364. The van der Waals surface area contributed by atoms with E-state index in [9.17, 15) is 4.39 Å². The Hall–Kier alpha value is -0.410. The minimum Gasteiger partial charge on any atom is -0.313 e. The van der Waals surface area contributed by atoms with Crippen LogP contribution in [-0.2, 0) is 0 Å². The number of unbranched alkanes of at least 4 members (excludes halogenated alkanes) is 1. The van der Waals surface area contributed by atoms with Crippen LogP contribution in [0.4, 0.5) is 4.39 Å². The molecule has 0 heterocycles. The summed E-state index contributed by atoms with van der Waals surface area (Å²) >= 11 is 3.27. The molecule has 0 aliphatic rings. The molecule has 0 aliphatic heterocycles. The fourth-order valence-electron chi connectivity index (χ4n) is 2.46. The van der Waals surface area contributed by atoms with Crippen molar-refractivity contribution in [3.8, 4) is 0 Å². The number of benzene rings is 1. The largest absolute Gasteiger partial charge is 0.313 e. The molecule has 2 unspecified atom stereocenters.